The first-order chi connectivity index (χ1) is 17.1. The lowest BCUT2D eigenvalue weighted by Crippen LogP contribution is -2.53. The Morgan fingerprint density at radius 2 is 1.80 bits per heavy atom. The van der Waals surface area contributed by atoms with Crippen molar-refractivity contribution in [2.75, 3.05) is 20.3 Å². The van der Waals surface area contributed by atoms with Crippen LogP contribution in [0.25, 0.3) is 0 Å². The number of nitrogens with zero attached hydrogens (tertiary/aromatic N) is 1. The van der Waals surface area contributed by atoms with Gasteiger partial charge in [-0.25, -0.2) is 10.4 Å². The van der Waals surface area contributed by atoms with E-state index in [0.29, 0.717) is 31.1 Å². The summed E-state index contributed by atoms with van der Waals surface area (Å²) in [4.78, 5) is 18.6. The highest BCUT2D eigenvalue weighted by atomic mass is 79.9. The van der Waals surface area contributed by atoms with Gasteiger partial charge in [0.05, 0.1) is 6.61 Å². The van der Waals surface area contributed by atoms with Crippen LogP contribution in [0.1, 0.15) is 29.2 Å². The predicted molar refractivity (Wildman–Crippen MR) is 138 cm³/mol. The van der Waals surface area contributed by atoms with Crippen LogP contribution in [-0.2, 0) is 16.0 Å². The normalized spacial score (nSPS) is 19.1. The number of benzene rings is 3. The number of hydrazine groups is 1. The van der Waals surface area contributed by atoms with Crippen LogP contribution in [0.2, 0.25) is 0 Å². The number of amides is 1. The highest BCUT2D eigenvalue weighted by molar-refractivity contribution is 9.10. The van der Waals surface area contributed by atoms with Crippen molar-refractivity contribution in [3.63, 3.8) is 0 Å². The van der Waals surface area contributed by atoms with E-state index in [4.69, 9.17) is 19.6 Å². The molecule has 0 aliphatic carbocycles. The molecule has 0 fully saturated rings. The standard InChI is InChI=1S/C27H28BrN3O4/c1-29-31-26(33)27(18-19-8-3-2-4-9-19)24(22-10-5-6-11-23(22)28)35-25(30-27)20-12-14-21(15-13-20)34-17-7-16-32/h2-6,8-15,24,29,32H,7,16-18H2,1H3,(H,31,33)/t24-,27-/m0/s1. The van der Waals surface area contributed by atoms with Crippen LogP contribution in [0, 0.1) is 0 Å². The van der Waals surface area contributed by atoms with E-state index in [-0.39, 0.29) is 12.5 Å². The Morgan fingerprint density at radius 3 is 2.49 bits per heavy atom. The largest absolute Gasteiger partial charge is 0.494 e. The number of rotatable bonds is 10. The zero-order valence-corrected chi connectivity index (χ0v) is 21.0. The summed E-state index contributed by atoms with van der Waals surface area (Å²) >= 11 is 3.63. The fraction of sp³-hybridized carbons (Fsp3) is 0.259. The summed E-state index contributed by atoms with van der Waals surface area (Å²) in [5, 5.41) is 8.96. The second-order valence-electron chi connectivity index (χ2n) is 8.18. The molecule has 1 amide bonds. The fourth-order valence-electron chi connectivity index (χ4n) is 4.08. The predicted octanol–water partition coefficient (Wildman–Crippen LogP) is 3.96. The van der Waals surface area contributed by atoms with E-state index in [9.17, 15) is 4.79 Å². The van der Waals surface area contributed by atoms with Crippen LogP contribution in [0.5, 0.6) is 5.75 Å². The van der Waals surface area contributed by atoms with Crippen LogP contribution in [0.4, 0.5) is 0 Å². The van der Waals surface area contributed by atoms with Crippen molar-refractivity contribution in [2.45, 2.75) is 24.5 Å². The molecule has 3 N–H and O–H groups in total. The Morgan fingerprint density at radius 1 is 1.09 bits per heavy atom. The maximum absolute atomic E-state index is 13.6. The van der Waals surface area contributed by atoms with Crippen molar-refractivity contribution in [3.05, 3.63) is 100 Å². The van der Waals surface area contributed by atoms with Gasteiger partial charge >= 0.3 is 0 Å². The van der Waals surface area contributed by atoms with Gasteiger partial charge in [-0.15, -0.1) is 0 Å². The van der Waals surface area contributed by atoms with Crippen LogP contribution in [0.15, 0.2) is 88.3 Å². The summed E-state index contributed by atoms with van der Waals surface area (Å²) in [5.74, 6) is 0.782. The fourth-order valence-corrected chi connectivity index (χ4v) is 4.57. The Labute approximate surface area is 213 Å². The quantitative estimate of drug-likeness (QED) is 0.269. The van der Waals surface area contributed by atoms with Gasteiger partial charge in [0, 0.05) is 42.1 Å². The van der Waals surface area contributed by atoms with Crippen molar-refractivity contribution >= 4 is 27.7 Å². The summed E-state index contributed by atoms with van der Waals surface area (Å²) < 4.78 is 12.9. The molecule has 1 aliphatic rings. The van der Waals surface area contributed by atoms with Gasteiger partial charge in [0.1, 0.15) is 5.75 Å². The summed E-state index contributed by atoms with van der Waals surface area (Å²) in [5.41, 5.74) is 6.79. The lowest BCUT2D eigenvalue weighted by atomic mass is 9.82. The highest BCUT2D eigenvalue weighted by Gasteiger charge is 2.53. The number of nitrogens with one attached hydrogen (secondary N) is 2. The van der Waals surface area contributed by atoms with E-state index in [0.717, 1.165) is 21.2 Å². The molecule has 35 heavy (non-hydrogen) atoms. The van der Waals surface area contributed by atoms with Gasteiger partial charge in [-0.1, -0.05) is 64.5 Å². The molecule has 3 aromatic rings. The van der Waals surface area contributed by atoms with Crippen molar-refractivity contribution in [3.8, 4) is 5.75 Å². The molecule has 0 unspecified atom stereocenters. The van der Waals surface area contributed by atoms with E-state index in [1.165, 1.54) is 0 Å². The first kappa shape index (κ1) is 24.9. The topological polar surface area (TPSA) is 92.2 Å². The summed E-state index contributed by atoms with van der Waals surface area (Å²) in [6.45, 7) is 0.513. The van der Waals surface area contributed by atoms with Gasteiger partial charge in [0.2, 0.25) is 5.90 Å². The van der Waals surface area contributed by atoms with Crippen molar-refractivity contribution in [1.82, 2.24) is 10.9 Å². The molecular weight excluding hydrogens is 510 g/mol. The Balaban J connectivity index is 1.76. The summed E-state index contributed by atoms with van der Waals surface area (Å²) in [6.07, 6.45) is 0.245. The lowest BCUT2D eigenvalue weighted by Gasteiger charge is -2.31. The SMILES string of the molecule is CNNC(=O)[C@@]1(Cc2ccccc2)N=C(c2ccc(OCCCO)cc2)O[C@H]1c1ccccc1Br. The van der Waals surface area contributed by atoms with Crippen molar-refractivity contribution in [1.29, 1.82) is 0 Å². The van der Waals surface area contributed by atoms with Gasteiger partial charge in [0.15, 0.2) is 11.6 Å². The molecule has 1 aliphatic heterocycles. The molecule has 4 rings (SSSR count). The van der Waals surface area contributed by atoms with Gasteiger partial charge in [-0.05, 0) is 35.9 Å². The van der Waals surface area contributed by atoms with E-state index in [1.54, 1.807) is 7.05 Å². The molecule has 7 nitrogen and oxygen atoms in total. The highest BCUT2D eigenvalue weighted by Crippen LogP contribution is 2.44. The minimum Gasteiger partial charge on any atom is -0.494 e. The zero-order valence-electron chi connectivity index (χ0n) is 19.4. The monoisotopic (exact) mass is 537 g/mol. The molecule has 182 valence electrons. The molecule has 0 spiro atoms. The number of halogens is 1. The number of ether oxygens (including phenoxy) is 2. The molecule has 0 radical (unpaired) electrons. The molecule has 0 bridgehead atoms. The molecule has 0 saturated carbocycles. The van der Waals surface area contributed by atoms with Crippen LogP contribution < -0.4 is 15.6 Å². The van der Waals surface area contributed by atoms with E-state index < -0.39 is 11.6 Å². The summed E-state index contributed by atoms with van der Waals surface area (Å²) in [6, 6.07) is 24.9. The zero-order chi connectivity index (χ0) is 24.7. The number of hydrogen-bond donors (Lipinski definition) is 3. The maximum Gasteiger partial charge on any atom is 0.266 e. The molecule has 3 aromatic carbocycles. The van der Waals surface area contributed by atoms with Crippen molar-refractivity contribution in [2.24, 2.45) is 4.99 Å². The van der Waals surface area contributed by atoms with Gasteiger partial charge < -0.3 is 14.6 Å². The molecule has 0 saturated heterocycles. The second-order valence-corrected chi connectivity index (χ2v) is 9.03. The number of hydrogen-bond acceptors (Lipinski definition) is 6. The van der Waals surface area contributed by atoms with Crippen LogP contribution in [0.3, 0.4) is 0 Å². The first-order valence-corrected chi connectivity index (χ1v) is 12.2. The number of carbonyl (C=O) groups excluding carboxylic acids is 1. The van der Waals surface area contributed by atoms with E-state index in [1.807, 2.05) is 78.9 Å². The van der Waals surface area contributed by atoms with Crippen LogP contribution in [-0.4, -0.2) is 42.7 Å². The van der Waals surface area contributed by atoms with Crippen molar-refractivity contribution < 1.29 is 19.4 Å². The average Bonchev–Trinajstić information content (AvgIpc) is 3.26. The first-order valence-electron chi connectivity index (χ1n) is 11.4. The van der Waals surface area contributed by atoms with Crippen LogP contribution >= 0.6 is 15.9 Å². The van der Waals surface area contributed by atoms with E-state index >= 15 is 0 Å². The second kappa shape index (κ2) is 11.5. The lowest BCUT2D eigenvalue weighted by molar-refractivity contribution is -0.129. The Bertz CT molecular complexity index is 1170. The number of aliphatic hydroxyl groups is 1. The minimum atomic E-state index is -1.25. The number of carbonyl (C=O) groups is 1. The molecule has 1 heterocycles. The maximum atomic E-state index is 13.6. The van der Waals surface area contributed by atoms with Gasteiger partial charge in [-0.3, -0.25) is 10.2 Å². The number of aliphatic imine (C=N–C) groups is 1. The third-order valence-corrected chi connectivity index (χ3v) is 6.49. The number of aliphatic hydroxyl groups excluding tert-OH is 1. The van der Waals surface area contributed by atoms with Gasteiger partial charge in [-0.2, -0.15) is 0 Å². The Kier molecular flexibility index (Phi) is 8.17. The third kappa shape index (κ3) is 5.56. The molecule has 8 heteroatoms. The summed E-state index contributed by atoms with van der Waals surface area (Å²) in [7, 11) is 1.65. The van der Waals surface area contributed by atoms with E-state index in [2.05, 4.69) is 26.8 Å². The molecule has 2 atom stereocenters. The Hall–Kier alpha value is -3.20. The average molecular weight is 538 g/mol. The molecular formula is C27H28BrN3O4. The molecule has 0 aromatic heterocycles. The van der Waals surface area contributed by atoms with Gasteiger partial charge in [0.25, 0.3) is 5.91 Å². The minimum absolute atomic E-state index is 0.0807. The third-order valence-electron chi connectivity index (χ3n) is 5.77. The smallest absolute Gasteiger partial charge is 0.266 e.